The molecule has 0 aromatic heterocycles. The van der Waals surface area contributed by atoms with Crippen molar-refractivity contribution in [3.8, 4) is 0 Å². The van der Waals surface area contributed by atoms with E-state index in [0.29, 0.717) is 0 Å². The SMILES string of the molecule is [Cl-].[Cl-].[Cl-].[Cl-].[Cl-].[Cl-].[Cl-].[Pt].[Re]. The summed E-state index contributed by atoms with van der Waals surface area (Å²) >= 11 is 0. The molecular formula is Cl7PtRe-7. The van der Waals surface area contributed by atoms with E-state index in [9.17, 15) is 0 Å². The Morgan fingerprint density at radius 3 is 0.333 bits per heavy atom. The monoisotopic (exact) mass is 627 g/mol. The molecule has 0 amide bonds. The standard InChI is InChI=1S/7ClH.Pt.Re/h7*1H;;/p-7. The van der Waals surface area contributed by atoms with Crippen LogP contribution in [-0.4, -0.2) is 0 Å². The van der Waals surface area contributed by atoms with Crippen molar-refractivity contribution in [2.45, 2.75) is 0 Å². The third kappa shape index (κ3) is 87.6. The van der Waals surface area contributed by atoms with E-state index in [2.05, 4.69) is 0 Å². The largest absolute Gasteiger partial charge is 1.00 e. The van der Waals surface area contributed by atoms with Crippen LogP contribution in [0.4, 0.5) is 0 Å². The topological polar surface area (TPSA) is 0 Å². The van der Waals surface area contributed by atoms with Gasteiger partial charge in [-0.25, -0.2) is 0 Å². The normalized spacial score (nSPS) is 0. The van der Waals surface area contributed by atoms with E-state index < -0.39 is 0 Å². The van der Waals surface area contributed by atoms with Gasteiger partial charge >= 0.3 is 0 Å². The summed E-state index contributed by atoms with van der Waals surface area (Å²) in [6.45, 7) is 0. The van der Waals surface area contributed by atoms with Crippen molar-refractivity contribution < 1.29 is 128 Å². The molecule has 0 aromatic carbocycles. The molecule has 9 heteroatoms. The summed E-state index contributed by atoms with van der Waals surface area (Å²) in [5, 5.41) is 0. The molecule has 0 saturated carbocycles. The molecule has 0 aliphatic rings. The maximum atomic E-state index is 0. The van der Waals surface area contributed by atoms with Crippen molar-refractivity contribution in [2.24, 2.45) is 0 Å². The Morgan fingerprint density at radius 2 is 0.333 bits per heavy atom. The smallest absolute Gasteiger partial charge is 0 e. The summed E-state index contributed by atoms with van der Waals surface area (Å²) in [4.78, 5) is 0. The fourth-order valence-corrected chi connectivity index (χ4v) is 0. The van der Waals surface area contributed by atoms with Crippen molar-refractivity contribution in [3.63, 3.8) is 0 Å². The molecule has 0 aromatic rings. The number of rotatable bonds is 0. The fourth-order valence-electron chi connectivity index (χ4n) is 0. The molecule has 0 rings (SSSR count). The average Bonchev–Trinajstić information content (AvgIpc) is 0. The second-order valence-electron chi connectivity index (χ2n) is 0. The van der Waals surface area contributed by atoms with Crippen LogP contribution in [0.5, 0.6) is 0 Å². The quantitative estimate of drug-likeness (QED) is 0.250. The van der Waals surface area contributed by atoms with Crippen LogP contribution in [0.3, 0.4) is 0 Å². The van der Waals surface area contributed by atoms with Gasteiger partial charge in [0.05, 0.1) is 0 Å². The van der Waals surface area contributed by atoms with E-state index in [-0.39, 0.29) is 128 Å². The molecule has 73 valence electrons. The first-order chi connectivity index (χ1) is 0. The molecule has 0 nitrogen and oxygen atoms in total. The minimum absolute atomic E-state index is 0. The van der Waals surface area contributed by atoms with Gasteiger partial charge in [0.2, 0.25) is 0 Å². The van der Waals surface area contributed by atoms with Crippen LogP contribution in [0.15, 0.2) is 0 Å². The van der Waals surface area contributed by atoms with Gasteiger partial charge in [0.1, 0.15) is 0 Å². The van der Waals surface area contributed by atoms with E-state index in [1.807, 2.05) is 0 Å². The summed E-state index contributed by atoms with van der Waals surface area (Å²) in [5.41, 5.74) is 0. The van der Waals surface area contributed by atoms with Crippen molar-refractivity contribution in [2.75, 3.05) is 0 Å². The van der Waals surface area contributed by atoms with E-state index in [4.69, 9.17) is 0 Å². The first kappa shape index (κ1) is 140. The maximum absolute atomic E-state index is 0. The van der Waals surface area contributed by atoms with Crippen LogP contribution in [0.25, 0.3) is 0 Å². The predicted molar refractivity (Wildman–Crippen MR) is 0 cm³/mol. The van der Waals surface area contributed by atoms with Crippen molar-refractivity contribution in [3.05, 3.63) is 0 Å². The van der Waals surface area contributed by atoms with Crippen LogP contribution in [0.2, 0.25) is 0 Å². The third-order valence-corrected chi connectivity index (χ3v) is 0. The zero-order valence-corrected chi connectivity index (χ0v) is 13.6. The summed E-state index contributed by atoms with van der Waals surface area (Å²) < 4.78 is 0. The minimum Gasteiger partial charge on any atom is -1.00 e. The second kappa shape index (κ2) is 107. The molecule has 0 N–H and O–H groups in total. The van der Waals surface area contributed by atoms with Crippen molar-refractivity contribution in [1.29, 1.82) is 0 Å². The first-order valence-electron chi connectivity index (χ1n) is 0. The number of halogens is 7. The van der Waals surface area contributed by atoms with Gasteiger partial charge in [0.25, 0.3) is 0 Å². The van der Waals surface area contributed by atoms with Gasteiger partial charge in [-0.1, -0.05) is 0 Å². The molecular weight excluding hydrogens is 629 g/mol. The van der Waals surface area contributed by atoms with Crippen LogP contribution in [0, 0.1) is 0 Å². The maximum Gasteiger partial charge on any atom is 0 e. The van der Waals surface area contributed by atoms with E-state index >= 15 is 0 Å². The van der Waals surface area contributed by atoms with E-state index in [1.165, 1.54) is 0 Å². The Kier molecular flexibility index (Phi) is 1670. The molecule has 0 spiro atoms. The van der Waals surface area contributed by atoms with Gasteiger partial charge in [-0.2, -0.15) is 0 Å². The molecule has 0 aliphatic carbocycles. The Morgan fingerprint density at radius 1 is 0.333 bits per heavy atom. The van der Waals surface area contributed by atoms with Crippen LogP contribution in [0.1, 0.15) is 0 Å². The molecule has 0 heterocycles. The third-order valence-electron chi connectivity index (χ3n) is 0. The molecule has 0 aliphatic heterocycles. The van der Waals surface area contributed by atoms with E-state index in [0.717, 1.165) is 0 Å². The Labute approximate surface area is 127 Å². The molecule has 0 unspecified atom stereocenters. The molecule has 0 fully saturated rings. The molecule has 0 bridgehead atoms. The summed E-state index contributed by atoms with van der Waals surface area (Å²) in [5.74, 6) is 0. The van der Waals surface area contributed by atoms with Crippen molar-refractivity contribution in [1.82, 2.24) is 0 Å². The van der Waals surface area contributed by atoms with Crippen LogP contribution < -0.4 is 86.8 Å². The predicted octanol–water partition coefficient (Wildman–Crippen LogP) is -21.0. The molecule has 9 heavy (non-hydrogen) atoms. The first-order valence-corrected chi connectivity index (χ1v) is 0. The summed E-state index contributed by atoms with van der Waals surface area (Å²) in [6, 6.07) is 0. The van der Waals surface area contributed by atoms with Crippen LogP contribution >= 0.6 is 0 Å². The fraction of sp³-hybridized carbons (Fsp3) is 0. The Hall–Kier alpha value is 3.38. The van der Waals surface area contributed by atoms with Crippen molar-refractivity contribution >= 4 is 0 Å². The Balaban J connectivity index is 0. The number of hydrogen-bond donors (Lipinski definition) is 0. The average molecular weight is 629 g/mol. The molecule has 0 atom stereocenters. The van der Waals surface area contributed by atoms with Gasteiger partial charge in [-0.05, 0) is 0 Å². The van der Waals surface area contributed by atoms with Gasteiger partial charge < -0.3 is 86.8 Å². The summed E-state index contributed by atoms with van der Waals surface area (Å²) in [6.07, 6.45) is 0. The zero-order chi connectivity index (χ0) is 0. The van der Waals surface area contributed by atoms with Gasteiger partial charge in [-0.3, -0.25) is 0 Å². The van der Waals surface area contributed by atoms with Gasteiger partial charge in [0.15, 0.2) is 0 Å². The Bertz CT molecular complexity index is 8.88. The molecule has 0 saturated heterocycles. The second-order valence-corrected chi connectivity index (χ2v) is 0. The number of hydrogen-bond acceptors (Lipinski definition) is 0. The molecule has 1 radical (unpaired) electrons. The zero-order valence-electron chi connectivity index (χ0n) is 3.34. The van der Waals surface area contributed by atoms with E-state index in [1.54, 1.807) is 0 Å². The van der Waals surface area contributed by atoms with Gasteiger partial charge in [-0.15, -0.1) is 0 Å². The van der Waals surface area contributed by atoms with Crippen LogP contribution in [-0.2, 0) is 41.5 Å². The minimum atomic E-state index is 0. The van der Waals surface area contributed by atoms with Gasteiger partial charge in [0, 0.05) is 41.5 Å². The summed E-state index contributed by atoms with van der Waals surface area (Å²) in [7, 11) is 0.